The van der Waals surface area contributed by atoms with Crippen molar-refractivity contribution in [2.45, 2.75) is 30.3 Å². The van der Waals surface area contributed by atoms with Gasteiger partial charge in [-0.15, -0.1) is 0 Å². The van der Waals surface area contributed by atoms with Gasteiger partial charge in [0.05, 0.1) is 29.6 Å². The van der Waals surface area contributed by atoms with Gasteiger partial charge < -0.3 is 9.64 Å². The van der Waals surface area contributed by atoms with E-state index >= 15 is 0 Å². The molecule has 0 aliphatic carbocycles. The number of likely N-dealkylation sites (tertiary alicyclic amines) is 1. The molecule has 0 atom stereocenters. The van der Waals surface area contributed by atoms with Gasteiger partial charge in [0, 0.05) is 30.9 Å². The zero-order valence-corrected chi connectivity index (χ0v) is 17.2. The maximum Gasteiger partial charge on any atom is 0.254 e. The predicted molar refractivity (Wildman–Crippen MR) is 108 cm³/mol. The van der Waals surface area contributed by atoms with Crippen LogP contribution in [0, 0.1) is 11.3 Å². The van der Waals surface area contributed by atoms with Crippen LogP contribution in [0.4, 0.5) is 0 Å². The van der Waals surface area contributed by atoms with Crippen molar-refractivity contribution in [3.05, 3.63) is 53.7 Å². The molecule has 2 aliphatic rings. The Labute approximate surface area is 175 Å². The smallest absolute Gasteiger partial charge is 0.254 e. The normalized spacial score (nSPS) is 17.8. The predicted octanol–water partition coefficient (Wildman–Crippen LogP) is 2.03. The van der Waals surface area contributed by atoms with Gasteiger partial charge in [-0.1, -0.05) is 6.42 Å². The molecular weight excluding hydrogens is 404 g/mol. The van der Waals surface area contributed by atoms with Crippen LogP contribution in [0.15, 0.2) is 47.5 Å². The molecule has 2 saturated heterocycles. The molecule has 8 nitrogen and oxygen atoms in total. The molecule has 0 radical (unpaired) electrons. The number of aromatic nitrogens is 1. The zero-order valence-electron chi connectivity index (χ0n) is 16.4. The first kappa shape index (κ1) is 20.3. The van der Waals surface area contributed by atoms with Gasteiger partial charge in [0.2, 0.25) is 15.9 Å². The molecule has 2 aliphatic heterocycles. The number of benzene rings is 1. The van der Waals surface area contributed by atoms with Crippen LogP contribution in [-0.4, -0.2) is 60.8 Å². The lowest BCUT2D eigenvalue weighted by molar-refractivity contribution is 0.0160. The standard InChI is InChI=1S/C21H22N4O4S/c22-13-16-8-9-23-20(12-16)29-18-14-24(15-18)21(26)17-4-6-19(7-5-17)30(27,28)25-10-2-1-3-11-25/h4-9,12,18H,1-3,10-11,14-15H2. The number of amides is 1. The van der Waals surface area contributed by atoms with Gasteiger partial charge in [-0.3, -0.25) is 4.79 Å². The van der Waals surface area contributed by atoms with Crippen LogP contribution in [0.1, 0.15) is 35.2 Å². The van der Waals surface area contributed by atoms with E-state index in [4.69, 9.17) is 10.00 Å². The molecule has 156 valence electrons. The highest BCUT2D eigenvalue weighted by molar-refractivity contribution is 7.89. The zero-order chi connectivity index (χ0) is 21.1. The van der Waals surface area contributed by atoms with E-state index in [0.29, 0.717) is 43.2 Å². The number of hydrogen-bond acceptors (Lipinski definition) is 6. The van der Waals surface area contributed by atoms with Gasteiger partial charge in [-0.05, 0) is 43.2 Å². The Morgan fingerprint density at radius 2 is 1.80 bits per heavy atom. The molecule has 9 heteroatoms. The number of hydrogen-bond donors (Lipinski definition) is 0. The van der Waals surface area contributed by atoms with Gasteiger partial charge in [-0.25, -0.2) is 13.4 Å². The Morgan fingerprint density at radius 1 is 1.10 bits per heavy atom. The van der Waals surface area contributed by atoms with E-state index in [1.165, 1.54) is 22.6 Å². The first-order chi connectivity index (χ1) is 14.5. The third-order valence-electron chi connectivity index (χ3n) is 5.34. The molecular formula is C21H22N4O4S. The molecule has 0 N–H and O–H groups in total. The van der Waals surface area contributed by atoms with Gasteiger partial charge in [0.15, 0.2) is 0 Å². The first-order valence-corrected chi connectivity index (χ1v) is 11.3. The summed E-state index contributed by atoms with van der Waals surface area (Å²) in [5, 5.41) is 8.93. The maximum atomic E-state index is 12.7. The van der Waals surface area contributed by atoms with E-state index in [2.05, 4.69) is 4.98 Å². The van der Waals surface area contributed by atoms with Crippen LogP contribution >= 0.6 is 0 Å². The number of nitriles is 1. The molecule has 3 heterocycles. The van der Waals surface area contributed by atoms with Gasteiger partial charge in [0.1, 0.15) is 6.10 Å². The lowest BCUT2D eigenvalue weighted by atomic mass is 10.1. The lowest BCUT2D eigenvalue weighted by Crippen LogP contribution is -2.56. The minimum atomic E-state index is -3.51. The fourth-order valence-electron chi connectivity index (χ4n) is 3.60. The summed E-state index contributed by atoms with van der Waals surface area (Å²) < 4.78 is 32.7. The largest absolute Gasteiger partial charge is 0.471 e. The molecule has 0 bridgehead atoms. The molecule has 1 amide bonds. The Morgan fingerprint density at radius 3 is 2.47 bits per heavy atom. The van der Waals surface area contributed by atoms with Crippen LogP contribution < -0.4 is 4.74 Å². The van der Waals surface area contributed by atoms with Crippen LogP contribution in [0.5, 0.6) is 5.88 Å². The van der Waals surface area contributed by atoms with Crippen molar-refractivity contribution in [2.24, 2.45) is 0 Å². The molecule has 1 aromatic carbocycles. The molecule has 30 heavy (non-hydrogen) atoms. The Hall–Kier alpha value is -2.96. The number of pyridine rings is 1. The third-order valence-corrected chi connectivity index (χ3v) is 7.25. The average molecular weight is 426 g/mol. The van der Waals surface area contributed by atoms with E-state index in [1.807, 2.05) is 6.07 Å². The SMILES string of the molecule is N#Cc1ccnc(OC2CN(C(=O)c3ccc(S(=O)(=O)N4CCCCC4)cc3)C2)c1. The highest BCUT2D eigenvalue weighted by Gasteiger charge is 2.33. The summed E-state index contributed by atoms with van der Waals surface area (Å²) in [6.45, 7) is 1.91. The summed E-state index contributed by atoms with van der Waals surface area (Å²) in [5.74, 6) is 0.189. The van der Waals surface area contributed by atoms with Crippen LogP contribution in [-0.2, 0) is 10.0 Å². The second-order valence-corrected chi connectivity index (χ2v) is 9.37. The number of nitrogens with zero attached hydrogens (tertiary/aromatic N) is 4. The minimum Gasteiger partial charge on any atom is -0.471 e. The molecule has 0 spiro atoms. The summed E-state index contributed by atoms with van der Waals surface area (Å²) in [5.41, 5.74) is 0.905. The molecule has 0 unspecified atom stereocenters. The third kappa shape index (κ3) is 4.15. The number of rotatable bonds is 5. The second-order valence-electron chi connectivity index (χ2n) is 7.43. The van der Waals surface area contributed by atoms with Gasteiger partial charge in [-0.2, -0.15) is 9.57 Å². The van der Waals surface area contributed by atoms with E-state index in [-0.39, 0.29) is 16.9 Å². The van der Waals surface area contributed by atoms with Crippen molar-refractivity contribution in [1.82, 2.24) is 14.2 Å². The minimum absolute atomic E-state index is 0.171. The van der Waals surface area contributed by atoms with Crippen molar-refractivity contribution >= 4 is 15.9 Å². The first-order valence-electron chi connectivity index (χ1n) is 9.90. The number of ether oxygens (including phenoxy) is 1. The summed E-state index contributed by atoms with van der Waals surface area (Å²) in [6.07, 6.45) is 4.14. The Bertz CT molecular complexity index is 1070. The van der Waals surface area contributed by atoms with Crippen molar-refractivity contribution in [1.29, 1.82) is 5.26 Å². The highest BCUT2D eigenvalue weighted by atomic mass is 32.2. The van der Waals surface area contributed by atoms with Crippen molar-refractivity contribution in [2.75, 3.05) is 26.2 Å². The van der Waals surface area contributed by atoms with Crippen molar-refractivity contribution in [3.63, 3.8) is 0 Å². The van der Waals surface area contributed by atoms with Gasteiger partial charge >= 0.3 is 0 Å². The molecule has 1 aromatic heterocycles. The molecule has 4 rings (SSSR count). The van der Waals surface area contributed by atoms with Crippen molar-refractivity contribution < 1.29 is 17.9 Å². The fourth-order valence-corrected chi connectivity index (χ4v) is 5.12. The van der Waals surface area contributed by atoms with Crippen LogP contribution in [0.25, 0.3) is 0 Å². The number of piperidine rings is 1. The van der Waals surface area contributed by atoms with Gasteiger partial charge in [0.25, 0.3) is 5.91 Å². The second kappa shape index (κ2) is 8.42. The Kier molecular flexibility index (Phi) is 5.70. The Balaban J connectivity index is 1.35. The van der Waals surface area contributed by atoms with E-state index < -0.39 is 10.0 Å². The highest BCUT2D eigenvalue weighted by Crippen LogP contribution is 2.23. The number of carbonyl (C=O) groups excluding carboxylic acids is 1. The summed E-state index contributed by atoms with van der Waals surface area (Å²) in [7, 11) is -3.51. The van der Waals surface area contributed by atoms with E-state index in [0.717, 1.165) is 19.3 Å². The van der Waals surface area contributed by atoms with E-state index in [9.17, 15) is 13.2 Å². The van der Waals surface area contributed by atoms with E-state index in [1.54, 1.807) is 29.2 Å². The quantitative estimate of drug-likeness (QED) is 0.725. The number of carbonyl (C=O) groups is 1. The average Bonchev–Trinajstić information content (AvgIpc) is 2.76. The summed E-state index contributed by atoms with van der Waals surface area (Å²) in [6, 6.07) is 11.3. The van der Waals surface area contributed by atoms with Crippen LogP contribution in [0.3, 0.4) is 0 Å². The fraction of sp³-hybridized carbons (Fsp3) is 0.381. The monoisotopic (exact) mass is 426 g/mol. The molecule has 0 saturated carbocycles. The molecule has 2 fully saturated rings. The number of sulfonamides is 1. The maximum absolute atomic E-state index is 12.7. The lowest BCUT2D eigenvalue weighted by Gasteiger charge is -2.38. The summed E-state index contributed by atoms with van der Waals surface area (Å²) >= 11 is 0. The topological polar surface area (TPSA) is 104 Å². The van der Waals surface area contributed by atoms with Crippen molar-refractivity contribution in [3.8, 4) is 11.9 Å². The summed E-state index contributed by atoms with van der Waals surface area (Å²) in [4.78, 5) is 18.6. The van der Waals surface area contributed by atoms with Crippen LogP contribution in [0.2, 0.25) is 0 Å². The molecule has 2 aromatic rings.